The molecule has 0 saturated heterocycles. The summed E-state index contributed by atoms with van der Waals surface area (Å²) in [4.78, 5) is 23.6. The molecule has 0 amide bonds. The Morgan fingerprint density at radius 1 is 0.833 bits per heavy atom. The second-order valence-corrected chi connectivity index (χ2v) is 4.93. The molecule has 5 nitrogen and oxygen atoms in total. The number of rotatable bonds is 7. The maximum Gasteiger partial charge on any atom is 0.338 e. The van der Waals surface area contributed by atoms with Crippen LogP contribution < -0.4 is 0 Å². The Kier molecular flexibility index (Phi) is 6.73. The van der Waals surface area contributed by atoms with E-state index in [9.17, 15) is 14.7 Å². The van der Waals surface area contributed by atoms with Crippen molar-refractivity contribution < 1.29 is 24.2 Å². The maximum absolute atomic E-state index is 11.8. The van der Waals surface area contributed by atoms with Gasteiger partial charge in [-0.1, -0.05) is 36.4 Å². The van der Waals surface area contributed by atoms with E-state index in [1.54, 1.807) is 54.6 Å². The van der Waals surface area contributed by atoms with Gasteiger partial charge < -0.3 is 14.6 Å². The van der Waals surface area contributed by atoms with Crippen LogP contribution in [0.25, 0.3) is 0 Å². The van der Waals surface area contributed by atoms with Crippen molar-refractivity contribution in [3.8, 4) is 0 Å². The molecule has 124 valence electrons. The zero-order chi connectivity index (χ0) is 17.2. The van der Waals surface area contributed by atoms with Crippen LogP contribution in [-0.2, 0) is 9.47 Å². The lowest BCUT2D eigenvalue weighted by molar-refractivity contribution is 0.0511. The lowest BCUT2D eigenvalue weighted by Gasteiger charge is -2.07. The molecule has 0 saturated carbocycles. The highest BCUT2D eigenvalue weighted by molar-refractivity contribution is 5.89. The lowest BCUT2D eigenvalue weighted by atomic mass is 10.2. The van der Waals surface area contributed by atoms with Crippen LogP contribution in [0.15, 0.2) is 72.3 Å². The van der Waals surface area contributed by atoms with Gasteiger partial charge in [0.25, 0.3) is 0 Å². The third-order valence-corrected chi connectivity index (χ3v) is 3.20. The third-order valence-electron chi connectivity index (χ3n) is 3.20. The smallest absolute Gasteiger partial charge is 0.338 e. The van der Waals surface area contributed by atoms with E-state index in [0.717, 1.165) is 0 Å². The molecule has 0 bridgehead atoms. The van der Waals surface area contributed by atoms with Gasteiger partial charge in [-0.2, -0.15) is 0 Å². The van der Waals surface area contributed by atoms with Gasteiger partial charge in [0, 0.05) is 0 Å². The van der Waals surface area contributed by atoms with Gasteiger partial charge >= 0.3 is 11.9 Å². The fourth-order valence-corrected chi connectivity index (χ4v) is 1.88. The minimum Gasteiger partial charge on any atom is -0.458 e. The van der Waals surface area contributed by atoms with Crippen LogP contribution in [0.1, 0.15) is 20.7 Å². The van der Waals surface area contributed by atoms with E-state index >= 15 is 0 Å². The number of esters is 2. The van der Waals surface area contributed by atoms with Crippen molar-refractivity contribution in [3.05, 3.63) is 83.4 Å². The van der Waals surface area contributed by atoms with Crippen molar-refractivity contribution in [3.63, 3.8) is 0 Å². The molecule has 0 heterocycles. The zero-order valence-electron chi connectivity index (χ0n) is 13.1. The Hall–Kier alpha value is -2.92. The maximum atomic E-state index is 11.8. The molecule has 2 aromatic carbocycles. The predicted octanol–water partition coefficient (Wildman–Crippen LogP) is 2.62. The topological polar surface area (TPSA) is 72.8 Å². The van der Waals surface area contributed by atoms with Crippen LogP contribution in [0, 0.1) is 0 Å². The van der Waals surface area contributed by atoms with Gasteiger partial charge in [-0.25, -0.2) is 9.59 Å². The molecule has 0 aliphatic rings. The fraction of sp³-hybridized carbons (Fsp3) is 0.158. The molecule has 2 rings (SSSR count). The van der Waals surface area contributed by atoms with Crippen LogP contribution in [0.2, 0.25) is 0 Å². The predicted molar refractivity (Wildman–Crippen MR) is 88.6 cm³/mol. The number of hydrogen-bond acceptors (Lipinski definition) is 5. The van der Waals surface area contributed by atoms with Crippen molar-refractivity contribution in [1.82, 2.24) is 0 Å². The molecule has 0 fully saturated rings. The van der Waals surface area contributed by atoms with Crippen molar-refractivity contribution in [1.29, 1.82) is 0 Å². The van der Waals surface area contributed by atoms with Crippen molar-refractivity contribution in [2.45, 2.75) is 0 Å². The highest BCUT2D eigenvalue weighted by atomic mass is 16.5. The third kappa shape index (κ3) is 5.37. The summed E-state index contributed by atoms with van der Waals surface area (Å²) < 4.78 is 10.2. The van der Waals surface area contributed by atoms with Crippen LogP contribution in [-0.4, -0.2) is 36.9 Å². The largest absolute Gasteiger partial charge is 0.458 e. The minimum absolute atomic E-state index is 0.00743. The molecule has 0 atom stereocenters. The first-order chi connectivity index (χ1) is 11.7. The monoisotopic (exact) mass is 326 g/mol. The highest BCUT2D eigenvalue weighted by Gasteiger charge is 2.08. The van der Waals surface area contributed by atoms with Crippen LogP contribution >= 0.6 is 0 Å². The Morgan fingerprint density at radius 2 is 1.33 bits per heavy atom. The molecule has 0 radical (unpaired) electrons. The molecule has 0 spiro atoms. The molecule has 0 aromatic heterocycles. The Bertz CT molecular complexity index is 692. The standard InChI is InChI=1S/C19H18O5/c20-13-15(14-24-19(22)17-9-5-2-6-10-17)11-12-23-18(21)16-7-3-1-4-8-16/h1-11,20H,12-14H2/b15-11+. The van der Waals surface area contributed by atoms with Gasteiger partial charge in [-0.15, -0.1) is 0 Å². The average Bonchev–Trinajstić information content (AvgIpc) is 2.65. The molecular formula is C19H18O5. The van der Waals surface area contributed by atoms with Crippen LogP contribution in [0.5, 0.6) is 0 Å². The molecule has 5 heteroatoms. The average molecular weight is 326 g/mol. The summed E-state index contributed by atoms with van der Waals surface area (Å²) in [6, 6.07) is 17.2. The van der Waals surface area contributed by atoms with E-state index in [1.807, 2.05) is 6.07 Å². The summed E-state index contributed by atoms with van der Waals surface area (Å²) >= 11 is 0. The SMILES string of the molecule is O=C(OC/C=C(\CO)COC(=O)c1ccccc1)c1ccccc1. The normalized spacial score (nSPS) is 11.0. The first kappa shape index (κ1) is 17.4. The Morgan fingerprint density at radius 3 is 1.83 bits per heavy atom. The number of benzene rings is 2. The number of aliphatic hydroxyl groups excluding tert-OH is 1. The van der Waals surface area contributed by atoms with Gasteiger partial charge in [0.2, 0.25) is 0 Å². The second-order valence-electron chi connectivity index (χ2n) is 4.93. The summed E-state index contributed by atoms with van der Waals surface area (Å²) in [5, 5.41) is 9.29. The number of carbonyl (C=O) groups excluding carboxylic acids is 2. The van der Waals surface area contributed by atoms with Crippen molar-refractivity contribution >= 4 is 11.9 Å². The quantitative estimate of drug-likeness (QED) is 0.625. The zero-order valence-corrected chi connectivity index (χ0v) is 13.1. The first-order valence-electron chi connectivity index (χ1n) is 7.44. The summed E-state index contributed by atoms with van der Waals surface area (Å²) in [6.07, 6.45) is 1.53. The number of carbonyl (C=O) groups is 2. The molecule has 24 heavy (non-hydrogen) atoms. The van der Waals surface area contributed by atoms with Gasteiger partial charge in [0.05, 0.1) is 17.7 Å². The van der Waals surface area contributed by atoms with Crippen molar-refractivity contribution in [2.75, 3.05) is 19.8 Å². The molecule has 2 aromatic rings. The van der Waals surface area contributed by atoms with Gasteiger partial charge in [-0.05, 0) is 35.9 Å². The van der Waals surface area contributed by atoms with Crippen LogP contribution in [0.4, 0.5) is 0 Å². The number of aliphatic hydroxyl groups is 1. The van der Waals surface area contributed by atoms with E-state index in [0.29, 0.717) is 16.7 Å². The lowest BCUT2D eigenvalue weighted by Crippen LogP contribution is -2.11. The van der Waals surface area contributed by atoms with Crippen LogP contribution in [0.3, 0.4) is 0 Å². The van der Waals surface area contributed by atoms with E-state index in [-0.39, 0.29) is 19.8 Å². The Labute approximate surface area is 140 Å². The van der Waals surface area contributed by atoms with Gasteiger partial charge in [0.15, 0.2) is 0 Å². The summed E-state index contributed by atoms with van der Waals surface area (Å²) in [6.45, 7) is -0.357. The molecule has 0 aliphatic carbocycles. The molecular weight excluding hydrogens is 308 g/mol. The Balaban J connectivity index is 1.81. The van der Waals surface area contributed by atoms with Gasteiger partial charge in [-0.3, -0.25) is 0 Å². The van der Waals surface area contributed by atoms with E-state index in [1.165, 1.54) is 6.08 Å². The van der Waals surface area contributed by atoms with E-state index < -0.39 is 11.9 Å². The first-order valence-corrected chi connectivity index (χ1v) is 7.44. The molecule has 0 unspecified atom stereocenters. The highest BCUT2D eigenvalue weighted by Crippen LogP contribution is 2.05. The van der Waals surface area contributed by atoms with E-state index in [4.69, 9.17) is 9.47 Å². The molecule has 0 aliphatic heterocycles. The number of hydrogen-bond donors (Lipinski definition) is 1. The van der Waals surface area contributed by atoms with Crippen molar-refractivity contribution in [2.24, 2.45) is 0 Å². The van der Waals surface area contributed by atoms with E-state index in [2.05, 4.69) is 0 Å². The summed E-state index contributed by atoms with van der Waals surface area (Å²) in [5.74, 6) is -0.929. The fourth-order valence-electron chi connectivity index (χ4n) is 1.88. The number of ether oxygens (including phenoxy) is 2. The minimum atomic E-state index is -0.476. The summed E-state index contributed by atoms with van der Waals surface area (Å²) in [7, 11) is 0. The molecule has 1 N–H and O–H groups in total. The second kappa shape index (κ2) is 9.27. The summed E-state index contributed by atoms with van der Waals surface area (Å²) in [5.41, 5.74) is 1.34. The van der Waals surface area contributed by atoms with Gasteiger partial charge in [0.1, 0.15) is 13.2 Å².